The van der Waals surface area contributed by atoms with Gasteiger partial charge in [0.15, 0.2) is 9.84 Å². The van der Waals surface area contributed by atoms with Gasteiger partial charge in [0.25, 0.3) is 0 Å². The number of para-hydroxylation sites is 1. The lowest BCUT2D eigenvalue weighted by Gasteiger charge is -2.10. The van der Waals surface area contributed by atoms with Crippen molar-refractivity contribution in [2.45, 2.75) is 17.6 Å². The van der Waals surface area contributed by atoms with Gasteiger partial charge in [-0.2, -0.15) is 0 Å². The second kappa shape index (κ2) is 7.13. The Hall–Kier alpha value is -3.12. The highest BCUT2D eigenvalue weighted by atomic mass is 32.2. The fourth-order valence-corrected chi connectivity index (χ4v) is 4.20. The first-order chi connectivity index (χ1) is 13.4. The second-order valence-electron chi connectivity index (χ2n) is 6.58. The van der Waals surface area contributed by atoms with Gasteiger partial charge in [0, 0.05) is 10.9 Å². The van der Waals surface area contributed by atoms with E-state index in [9.17, 15) is 12.8 Å². The third-order valence-corrected chi connectivity index (χ3v) is 6.10. The van der Waals surface area contributed by atoms with E-state index in [0.29, 0.717) is 16.8 Å². The monoisotopic (exact) mass is 392 g/mol. The Balaban J connectivity index is 1.82. The first-order valence-electron chi connectivity index (χ1n) is 8.73. The first kappa shape index (κ1) is 18.3. The number of aryl methyl sites for hydroxylation is 1. The maximum Gasteiger partial charge on any atom is 0.185 e. The fourth-order valence-electron chi connectivity index (χ4n) is 3.02. The van der Waals surface area contributed by atoms with Crippen molar-refractivity contribution in [2.75, 3.05) is 0 Å². The smallest absolute Gasteiger partial charge is 0.185 e. The summed E-state index contributed by atoms with van der Waals surface area (Å²) in [6.07, 6.45) is 0. The Bertz CT molecular complexity index is 1250. The lowest BCUT2D eigenvalue weighted by molar-refractivity contribution is 0.594. The van der Waals surface area contributed by atoms with Crippen molar-refractivity contribution in [1.29, 1.82) is 0 Å². The van der Waals surface area contributed by atoms with Crippen LogP contribution in [0.4, 0.5) is 4.39 Å². The van der Waals surface area contributed by atoms with E-state index in [1.807, 2.05) is 31.2 Å². The number of rotatable bonds is 4. The zero-order valence-electron chi connectivity index (χ0n) is 15.1. The Morgan fingerprint density at radius 3 is 2.25 bits per heavy atom. The summed E-state index contributed by atoms with van der Waals surface area (Å²) < 4.78 is 38.9. The molecule has 3 aromatic carbocycles. The molecule has 6 heteroatoms. The average Bonchev–Trinajstić information content (AvgIpc) is 2.68. The second-order valence-corrected chi connectivity index (χ2v) is 8.57. The van der Waals surface area contributed by atoms with Gasteiger partial charge in [0.2, 0.25) is 0 Å². The largest absolute Gasteiger partial charge is 0.232 e. The van der Waals surface area contributed by atoms with E-state index in [1.54, 1.807) is 36.4 Å². The molecule has 0 spiro atoms. The number of hydrogen-bond donors (Lipinski definition) is 0. The molecule has 0 saturated heterocycles. The highest BCUT2D eigenvalue weighted by Crippen LogP contribution is 2.27. The van der Waals surface area contributed by atoms with Crippen LogP contribution < -0.4 is 0 Å². The third kappa shape index (κ3) is 3.64. The number of nitrogens with zero attached hydrogens (tertiary/aromatic N) is 2. The van der Waals surface area contributed by atoms with E-state index >= 15 is 0 Å². The molecule has 4 nitrogen and oxygen atoms in total. The molecule has 0 bridgehead atoms. The Labute approximate surface area is 162 Å². The van der Waals surface area contributed by atoms with Crippen molar-refractivity contribution in [3.63, 3.8) is 0 Å². The summed E-state index contributed by atoms with van der Waals surface area (Å²) in [6.45, 7) is 1.90. The maximum absolute atomic E-state index is 13.3. The summed E-state index contributed by atoms with van der Waals surface area (Å²) in [7, 11) is -3.59. The molecule has 0 amide bonds. The summed E-state index contributed by atoms with van der Waals surface area (Å²) in [5, 5.41) is 0.783. The molecule has 0 saturated carbocycles. The van der Waals surface area contributed by atoms with Crippen LogP contribution in [-0.4, -0.2) is 18.4 Å². The molecular formula is C22H17FN2O2S. The SMILES string of the molecule is Cc1ccc(S(=O)(=O)Cc2nc(-c3ccc(F)cc3)c3ccccc3n2)cc1. The van der Waals surface area contributed by atoms with Gasteiger partial charge in [-0.05, 0) is 49.4 Å². The van der Waals surface area contributed by atoms with Gasteiger partial charge in [0.05, 0.1) is 16.1 Å². The number of fused-ring (bicyclic) bond motifs is 1. The molecule has 0 atom stereocenters. The van der Waals surface area contributed by atoms with Crippen LogP contribution in [0.2, 0.25) is 0 Å². The Kier molecular flexibility index (Phi) is 4.65. The first-order valence-corrected chi connectivity index (χ1v) is 10.4. The minimum Gasteiger partial charge on any atom is -0.232 e. The standard InChI is InChI=1S/C22H17FN2O2S/c1-15-6-12-18(13-7-15)28(26,27)14-21-24-20-5-3-2-4-19(20)22(25-21)16-8-10-17(23)11-9-16/h2-13H,14H2,1H3. The summed E-state index contributed by atoms with van der Waals surface area (Å²) in [5.74, 6) is -0.447. The third-order valence-electron chi connectivity index (χ3n) is 4.47. The summed E-state index contributed by atoms with van der Waals surface area (Å²) in [6, 6.07) is 20.0. The van der Waals surface area contributed by atoms with Crippen LogP contribution in [0.5, 0.6) is 0 Å². The highest BCUT2D eigenvalue weighted by molar-refractivity contribution is 7.90. The van der Waals surface area contributed by atoms with Gasteiger partial charge in [-0.3, -0.25) is 0 Å². The van der Waals surface area contributed by atoms with Crippen molar-refractivity contribution in [3.8, 4) is 11.3 Å². The molecule has 0 unspecified atom stereocenters. The van der Waals surface area contributed by atoms with E-state index in [4.69, 9.17) is 0 Å². The predicted molar refractivity (Wildman–Crippen MR) is 107 cm³/mol. The minimum absolute atomic E-state index is 0.207. The Morgan fingerprint density at radius 1 is 0.857 bits per heavy atom. The normalized spacial score (nSPS) is 11.6. The van der Waals surface area contributed by atoms with Crippen molar-refractivity contribution in [1.82, 2.24) is 9.97 Å². The molecule has 0 N–H and O–H groups in total. The quantitative estimate of drug-likeness (QED) is 0.504. The van der Waals surface area contributed by atoms with Crippen LogP contribution in [0.1, 0.15) is 11.4 Å². The van der Waals surface area contributed by atoms with E-state index in [0.717, 1.165) is 10.9 Å². The number of aromatic nitrogens is 2. The number of halogens is 1. The molecular weight excluding hydrogens is 375 g/mol. The van der Waals surface area contributed by atoms with Gasteiger partial charge in [-0.25, -0.2) is 22.8 Å². The molecule has 0 aliphatic heterocycles. The van der Waals surface area contributed by atoms with E-state index in [-0.39, 0.29) is 22.3 Å². The van der Waals surface area contributed by atoms with Gasteiger partial charge < -0.3 is 0 Å². The zero-order chi connectivity index (χ0) is 19.7. The van der Waals surface area contributed by atoms with Gasteiger partial charge in [0.1, 0.15) is 17.4 Å². The highest BCUT2D eigenvalue weighted by Gasteiger charge is 2.19. The molecule has 4 rings (SSSR count). The van der Waals surface area contributed by atoms with Crippen molar-refractivity contribution < 1.29 is 12.8 Å². The van der Waals surface area contributed by atoms with Crippen molar-refractivity contribution in [3.05, 3.63) is 90.0 Å². The summed E-state index contributed by atoms with van der Waals surface area (Å²) in [4.78, 5) is 9.19. The summed E-state index contributed by atoms with van der Waals surface area (Å²) >= 11 is 0. The van der Waals surface area contributed by atoms with Gasteiger partial charge in [-0.1, -0.05) is 35.9 Å². The van der Waals surface area contributed by atoms with Crippen LogP contribution in [0.25, 0.3) is 22.2 Å². The Morgan fingerprint density at radius 2 is 1.54 bits per heavy atom. The van der Waals surface area contributed by atoms with Crippen molar-refractivity contribution in [2.24, 2.45) is 0 Å². The fraction of sp³-hybridized carbons (Fsp3) is 0.0909. The van der Waals surface area contributed by atoms with E-state index in [2.05, 4.69) is 9.97 Å². The molecule has 28 heavy (non-hydrogen) atoms. The van der Waals surface area contributed by atoms with Crippen LogP contribution in [-0.2, 0) is 15.6 Å². The maximum atomic E-state index is 13.3. The lowest BCUT2D eigenvalue weighted by Crippen LogP contribution is -2.09. The number of hydrogen-bond acceptors (Lipinski definition) is 4. The molecule has 1 heterocycles. The van der Waals surface area contributed by atoms with Crippen LogP contribution >= 0.6 is 0 Å². The number of sulfone groups is 1. The van der Waals surface area contributed by atoms with Gasteiger partial charge >= 0.3 is 0 Å². The molecule has 0 aliphatic carbocycles. The zero-order valence-corrected chi connectivity index (χ0v) is 15.9. The average molecular weight is 392 g/mol. The molecule has 140 valence electrons. The predicted octanol–water partition coefficient (Wildman–Crippen LogP) is 4.72. The van der Waals surface area contributed by atoms with E-state index < -0.39 is 9.84 Å². The topological polar surface area (TPSA) is 59.9 Å². The van der Waals surface area contributed by atoms with Crippen LogP contribution in [0, 0.1) is 12.7 Å². The molecule has 0 aliphatic rings. The van der Waals surface area contributed by atoms with E-state index in [1.165, 1.54) is 12.1 Å². The minimum atomic E-state index is -3.59. The van der Waals surface area contributed by atoms with Crippen molar-refractivity contribution >= 4 is 20.7 Å². The molecule has 1 aromatic heterocycles. The van der Waals surface area contributed by atoms with Crippen LogP contribution in [0.15, 0.2) is 77.7 Å². The lowest BCUT2D eigenvalue weighted by atomic mass is 10.1. The molecule has 0 fully saturated rings. The van der Waals surface area contributed by atoms with Crippen LogP contribution in [0.3, 0.4) is 0 Å². The van der Waals surface area contributed by atoms with Gasteiger partial charge in [-0.15, -0.1) is 0 Å². The molecule has 4 aromatic rings. The number of benzene rings is 3. The molecule has 0 radical (unpaired) electrons. The summed E-state index contributed by atoms with van der Waals surface area (Å²) in [5.41, 5.74) is 2.92.